The minimum absolute atomic E-state index is 0. The van der Waals surface area contributed by atoms with Crippen LogP contribution in [0.4, 0.5) is 0 Å². The van der Waals surface area contributed by atoms with Crippen LogP contribution in [-0.4, -0.2) is 63.5 Å². The van der Waals surface area contributed by atoms with Crippen molar-refractivity contribution in [2.45, 2.75) is 6.42 Å². The summed E-state index contributed by atoms with van der Waals surface area (Å²) >= 11 is 1.73. The summed E-state index contributed by atoms with van der Waals surface area (Å²) in [5.74, 6) is -1.44. The summed E-state index contributed by atoms with van der Waals surface area (Å²) in [6.07, 6.45) is 2.22. The zero-order chi connectivity index (χ0) is 15.2. The molecule has 0 heterocycles. The fourth-order valence-electron chi connectivity index (χ4n) is 1.31. The quantitative estimate of drug-likeness (QED) is 0.193. The molecule has 0 saturated carbocycles. The first-order chi connectivity index (χ1) is 9.59. The summed E-state index contributed by atoms with van der Waals surface area (Å²) in [7, 11) is 0. The van der Waals surface area contributed by atoms with E-state index in [2.05, 4.69) is 0 Å². The topological polar surface area (TPSA) is 114 Å². The van der Waals surface area contributed by atoms with Gasteiger partial charge in [-0.2, -0.15) is 11.8 Å². The normalized spacial score (nSPS) is 10.4. The van der Waals surface area contributed by atoms with Gasteiger partial charge in [0.2, 0.25) is 11.8 Å². The molecule has 0 fully saturated rings. The average molecular weight is 331 g/mol. The van der Waals surface area contributed by atoms with E-state index in [9.17, 15) is 9.59 Å². The van der Waals surface area contributed by atoms with Crippen LogP contribution in [0.25, 0.3) is 0 Å². The molecule has 9 heteroatoms. The summed E-state index contributed by atoms with van der Waals surface area (Å²) < 4.78 is 15.8. The summed E-state index contributed by atoms with van der Waals surface area (Å²) in [4.78, 5) is 21.8. The maximum absolute atomic E-state index is 10.9. The first kappa shape index (κ1) is 23.4. The SMILES string of the molecule is CSCCOCCOCCOCCC(C(N)=O)C(N)=O.[Na+]. The van der Waals surface area contributed by atoms with E-state index >= 15 is 0 Å². The Morgan fingerprint density at radius 3 is 1.76 bits per heavy atom. The van der Waals surface area contributed by atoms with Gasteiger partial charge in [-0.25, -0.2) is 0 Å². The molecule has 0 aliphatic carbocycles. The predicted molar refractivity (Wildman–Crippen MR) is 77.3 cm³/mol. The van der Waals surface area contributed by atoms with Gasteiger partial charge in [0.1, 0.15) is 5.92 Å². The Kier molecular flexibility index (Phi) is 18.5. The first-order valence-corrected chi connectivity index (χ1v) is 7.79. The molecule has 0 spiro atoms. The molecule has 2 amide bonds. The van der Waals surface area contributed by atoms with E-state index in [0.717, 1.165) is 12.4 Å². The molecule has 0 aromatic rings. The second-order valence-electron chi connectivity index (χ2n) is 3.98. The molecule has 21 heavy (non-hydrogen) atoms. The molecule has 0 atom stereocenters. The first-order valence-electron chi connectivity index (χ1n) is 6.40. The van der Waals surface area contributed by atoms with Crippen LogP contribution < -0.4 is 41.0 Å². The number of primary amides is 2. The Bertz CT molecular complexity index is 270. The van der Waals surface area contributed by atoms with Crippen molar-refractivity contribution in [2.24, 2.45) is 17.4 Å². The molecule has 0 aromatic carbocycles. The number of ether oxygens (including phenoxy) is 3. The second kappa shape index (κ2) is 16.5. The van der Waals surface area contributed by atoms with Crippen molar-refractivity contribution < 1.29 is 53.4 Å². The van der Waals surface area contributed by atoms with Crippen LogP contribution in [0, 0.1) is 5.92 Å². The van der Waals surface area contributed by atoms with E-state index in [1.54, 1.807) is 11.8 Å². The molecule has 0 saturated heterocycles. The number of amides is 2. The fraction of sp³-hybridized carbons (Fsp3) is 0.833. The third-order valence-electron chi connectivity index (χ3n) is 2.41. The fourth-order valence-corrected chi connectivity index (χ4v) is 1.59. The van der Waals surface area contributed by atoms with E-state index in [0.29, 0.717) is 26.4 Å². The van der Waals surface area contributed by atoms with Crippen molar-refractivity contribution >= 4 is 23.6 Å². The number of thioether (sulfide) groups is 1. The van der Waals surface area contributed by atoms with Gasteiger partial charge in [-0.05, 0) is 12.7 Å². The van der Waals surface area contributed by atoms with Crippen LogP contribution in [0.1, 0.15) is 6.42 Å². The van der Waals surface area contributed by atoms with Gasteiger partial charge in [-0.15, -0.1) is 0 Å². The van der Waals surface area contributed by atoms with Crippen LogP contribution in [0.3, 0.4) is 0 Å². The van der Waals surface area contributed by atoms with E-state index in [-0.39, 0.29) is 42.6 Å². The van der Waals surface area contributed by atoms with Crippen LogP contribution in [0.5, 0.6) is 0 Å². The van der Waals surface area contributed by atoms with Crippen LogP contribution in [-0.2, 0) is 23.8 Å². The van der Waals surface area contributed by atoms with E-state index in [1.807, 2.05) is 6.26 Å². The van der Waals surface area contributed by atoms with Gasteiger partial charge in [0.05, 0.1) is 33.0 Å². The van der Waals surface area contributed by atoms with Gasteiger partial charge in [0.25, 0.3) is 0 Å². The predicted octanol–water partition coefficient (Wildman–Crippen LogP) is -3.62. The Morgan fingerprint density at radius 2 is 1.33 bits per heavy atom. The minimum Gasteiger partial charge on any atom is -0.379 e. The molecule has 0 bridgehead atoms. The maximum atomic E-state index is 10.9. The molecular weight excluding hydrogens is 307 g/mol. The zero-order valence-electron chi connectivity index (χ0n) is 12.8. The monoisotopic (exact) mass is 331 g/mol. The Hall–Kier alpha value is 0.170. The second-order valence-corrected chi connectivity index (χ2v) is 4.96. The van der Waals surface area contributed by atoms with Crippen molar-refractivity contribution in [2.75, 3.05) is 51.6 Å². The molecular formula is C12H24N2NaO5S+. The Balaban J connectivity index is 0. The van der Waals surface area contributed by atoms with Gasteiger partial charge in [-0.3, -0.25) is 9.59 Å². The summed E-state index contributed by atoms with van der Waals surface area (Å²) in [5, 5.41) is 0. The van der Waals surface area contributed by atoms with Crippen molar-refractivity contribution in [3.63, 3.8) is 0 Å². The maximum Gasteiger partial charge on any atom is 1.00 e. The third kappa shape index (κ3) is 14.9. The number of rotatable bonds is 14. The van der Waals surface area contributed by atoms with Gasteiger partial charge in [-0.1, -0.05) is 0 Å². The van der Waals surface area contributed by atoms with Crippen molar-refractivity contribution in [3.05, 3.63) is 0 Å². The van der Waals surface area contributed by atoms with Crippen molar-refractivity contribution in [1.29, 1.82) is 0 Å². The number of hydrogen-bond donors (Lipinski definition) is 2. The third-order valence-corrected chi connectivity index (χ3v) is 2.99. The van der Waals surface area contributed by atoms with E-state index in [1.165, 1.54) is 0 Å². The molecule has 0 unspecified atom stereocenters. The zero-order valence-corrected chi connectivity index (χ0v) is 15.7. The van der Waals surface area contributed by atoms with Gasteiger partial charge < -0.3 is 25.7 Å². The smallest absolute Gasteiger partial charge is 0.379 e. The molecule has 7 nitrogen and oxygen atoms in total. The average Bonchev–Trinajstić information content (AvgIpc) is 2.39. The largest absolute Gasteiger partial charge is 1.00 e. The summed E-state index contributed by atoms with van der Waals surface area (Å²) in [6, 6.07) is 0. The molecule has 0 radical (unpaired) electrons. The van der Waals surface area contributed by atoms with E-state index in [4.69, 9.17) is 25.7 Å². The number of carbonyl (C=O) groups excluding carboxylic acids is 2. The van der Waals surface area contributed by atoms with Crippen molar-refractivity contribution in [1.82, 2.24) is 0 Å². The van der Waals surface area contributed by atoms with Crippen molar-refractivity contribution in [3.8, 4) is 0 Å². The van der Waals surface area contributed by atoms with Crippen LogP contribution in [0.15, 0.2) is 0 Å². The van der Waals surface area contributed by atoms with Gasteiger partial charge in [0, 0.05) is 12.4 Å². The molecule has 0 rings (SSSR count). The number of hydrogen-bond acceptors (Lipinski definition) is 6. The number of nitrogens with two attached hydrogens (primary N) is 2. The molecule has 0 aromatic heterocycles. The molecule has 118 valence electrons. The van der Waals surface area contributed by atoms with Crippen LogP contribution >= 0.6 is 11.8 Å². The summed E-state index contributed by atoms with van der Waals surface area (Å²) in [6.45, 7) is 2.86. The van der Waals surface area contributed by atoms with E-state index < -0.39 is 17.7 Å². The van der Waals surface area contributed by atoms with Gasteiger partial charge >= 0.3 is 29.6 Å². The molecule has 4 N–H and O–H groups in total. The molecule has 0 aliphatic rings. The minimum atomic E-state index is -0.972. The number of carbonyl (C=O) groups is 2. The Labute approximate surface area is 152 Å². The summed E-state index contributed by atoms with van der Waals surface area (Å²) in [5.41, 5.74) is 10.1. The van der Waals surface area contributed by atoms with Crippen LogP contribution in [0.2, 0.25) is 0 Å². The Morgan fingerprint density at radius 1 is 0.905 bits per heavy atom. The standard InChI is InChI=1S/C12H24N2O5S.Na/c1-20-9-8-19-7-6-18-5-4-17-3-2-10(11(13)15)12(14)16;/h10H,2-9H2,1H3,(H2,13,15)(H2,14,16);/q;+1. The van der Waals surface area contributed by atoms with Gasteiger partial charge in [0.15, 0.2) is 0 Å². The molecule has 0 aliphatic heterocycles.